The van der Waals surface area contributed by atoms with Gasteiger partial charge in [0.15, 0.2) is 17.3 Å². The van der Waals surface area contributed by atoms with Gasteiger partial charge in [0.25, 0.3) is 0 Å². The summed E-state index contributed by atoms with van der Waals surface area (Å²) in [6.07, 6.45) is 1.25. The Balaban J connectivity index is 2.60. The van der Waals surface area contributed by atoms with E-state index in [0.29, 0.717) is 32.1 Å². The summed E-state index contributed by atoms with van der Waals surface area (Å²) in [5, 5.41) is 8.92. The maximum Gasteiger partial charge on any atom is 0.324 e. The molecule has 0 saturated heterocycles. The molecule has 0 bridgehead atoms. The summed E-state index contributed by atoms with van der Waals surface area (Å²) in [5.74, 6) is -2.05. The van der Waals surface area contributed by atoms with E-state index < -0.39 is 23.5 Å². The van der Waals surface area contributed by atoms with E-state index in [1.807, 2.05) is 6.92 Å². The topological polar surface area (TPSA) is 80.7 Å². The van der Waals surface area contributed by atoms with Crippen molar-refractivity contribution in [1.29, 1.82) is 0 Å². The lowest BCUT2D eigenvalue weighted by Crippen LogP contribution is -2.34. The van der Waals surface area contributed by atoms with Gasteiger partial charge in [-0.15, -0.1) is 0 Å². The van der Waals surface area contributed by atoms with E-state index in [9.17, 15) is 14.4 Å². The second-order valence-electron chi connectivity index (χ2n) is 4.41. The summed E-state index contributed by atoms with van der Waals surface area (Å²) in [7, 11) is 0. The van der Waals surface area contributed by atoms with Gasteiger partial charge in [-0.1, -0.05) is 13.8 Å². The van der Waals surface area contributed by atoms with Crippen LogP contribution in [-0.2, 0) is 19.1 Å². The van der Waals surface area contributed by atoms with E-state index in [2.05, 4.69) is 0 Å². The Kier molecular flexibility index (Phi) is 4.26. The van der Waals surface area contributed by atoms with Gasteiger partial charge in [0.1, 0.15) is 0 Å². The van der Waals surface area contributed by atoms with E-state index in [-0.39, 0.29) is 5.78 Å². The van der Waals surface area contributed by atoms with Crippen LogP contribution in [0.4, 0.5) is 0 Å². The number of Topliss-reactive ketones (excluding diaryl/α,β-unsaturated/α-hetero) is 1. The van der Waals surface area contributed by atoms with Gasteiger partial charge in [0.2, 0.25) is 0 Å². The van der Waals surface area contributed by atoms with Crippen molar-refractivity contribution in [2.24, 2.45) is 5.41 Å². The Bertz CT molecular complexity index is 330. The lowest BCUT2D eigenvalue weighted by Gasteiger charge is -2.17. The first-order chi connectivity index (χ1) is 7.97. The summed E-state index contributed by atoms with van der Waals surface area (Å²) in [4.78, 5) is 34.2. The molecule has 1 N–H and O–H groups in total. The molecule has 1 saturated carbocycles. The minimum Gasteiger partial charge on any atom is -0.480 e. The zero-order valence-electron chi connectivity index (χ0n) is 10.2. The van der Waals surface area contributed by atoms with E-state index in [4.69, 9.17) is 9.84 Å². The van der Waals surface area contributed by atoms with Crippen LogP contribution in [0.25, 0.3) is 0 Å². The molecule has 0 radical (unpaired) electrons. The van der Waals surface area contributed by atoms with Gasteiger partial charge in [0, 0.05) is 6.42 Å². The number of carbonyl (C=O) groups excluding carboxylic acids is 2. The van der Waals surface area contributed by atoms with Gasteiger partial charge >= 0.3 is 11.9 Å². The highest BCUT2D eigenvalue weighted by atomic mass is 16.6. The average molecular weight is 242 g/mol. The van der Waals surface area contributed by atoms with Crippen LogP contribution in [0, 0.1) is 5.41 Å². The van der Waals surface area contributed by atoms with Crippen molar-refractivity contribution in [2.45, 2.75) is 52.1 Å². The molecule has 0 aromatic rings. The molecule has 1 atom stereocenters. The fraction of sp³-hybridized carbons (Fsp3) is 0.750. The van der Waals surface area contributed by atoms with Crippen molar-refractivity contribution in [2.75, 3.05) is 0 Å². The Hall–Kier alpha value is -1.39. The highest BCUT2D eigenvalue weighted by Crippen LogP contribution is 2.47. The van der Waals surface area contributed by atoms with Crippen LogP contribution in [0.5, 0.6) is 0 Å². The van der Waals surface area contributed by atoms with Gasteiger partial charge in [-0.25, -0.2) is 0 Å². The number of carboxylic acid groups (broad SMARTS) is 1. The van der Waals surface area contributed by atoms with Crippen LogP contribution in [0.1, 0.15) is 46.0 Å². The first-order valence-electron chi connectivity index (χ1n) is 5.95. The third kappa shape index (κ3) is 2.84. The van der Waals surface area contributed by atoms with Gasteiger partial charge in [-0.2, -0.15) is 0 Å². The standard InChI is InChI=1S/C12H18O5/c1-3-5-8(13)9(4-2)17-11(16)12(6-7-12)10(14)15/h9H,3-7H2,1-2H3,(H,14,15). The molecule has 1 aliphatic carbocycles. The van der Waals surface area contributed by atoms with Gasteiger partial charge < -0.3 is 9.84 Å². The molecule has 5 nitrogen and oxygen atoms in total. The maximum absolute atomic E-state index is 11.7. The van der Waals surface area contributed by atoms with E-state index in [0.717, 1.165) is 0 Å². The summed E-state index contributed by atoms with van der Waals surface area (Å²) < 4.78 is 5.03. The van der Waals surface area contributed by atoms with Crippen molar-refractivity contribution in [3.63, 3.8) is 0 Å². The van der Waals surface area contributed by atoms with Crippen molar-refractivity contribution in [3.8, 4) is 0 Å². The van der Waals surface area contributed by atoms with Gasteiger partial charge in [-0.3, -0.25) is 14.4 Å². The van der Waals surface area contributed by atoms with Crippen LogP contribution >= 0.6 is 0 Å². The minimum absolute atomic E-state index is 0.135. The minimum atomic E-state index is -1.38. The largest absolute Gasteiger partial charge is 0.480 e. The third-order valence-corrected chi connectivity index (χ3v) is 3.03. The van der Waals surface area contributed by atoms with Crippen molar-refractivity contribution >= 4 is 17.7 Å². The quantitative estimate of drug-likeness (QED) is 0.541. The molecule has 0 aromatic heterocycles. The smallest absolute Gasteiger partial charge is 0.324 e. The molecule has 5 heteroatoms. The number of hydrogen-bond acceptors (Lipinski definition) is 4. The summed E-state index contributed by atoms with van der Waals surface area (Å²) in [6, 6.07) is 0. The molecule has 1 rings (SSSR count). The third-order valence-electron chi connectivity index (χ3n) is 3.03. The Morgan fingerprint density at radius 3 is 2.24 bits per heavy atom. The number of esters is 1. The number of carbonyl (C=O) groups is 3. The number of hydrogen-bond donors (Lipinski definition) is 1. The number of rotatable bonds is 7. The summed E-state index contributed by atoms with van der Waals surface area (Å²) >= 11 is 0. The molecule has 17 heavy (non-hydrogen) atoms. The molecular formula is C12H18O5. The molecule has 0 amide bonds. The normalized spacial score (nSPS) is 18.2. The van der Waals surface area contributed by atoms with Crippen LogP contribution in [0.3, 0.4) is 0 Å². The number of carboxylic acids is 1. The predicted octanol–water partition coefficient (Wildman–Crippen LogP) is 1.54. The number of ether oxygens (including phenoxy) is 1. The summed E-state index contributed by atoms with van der Waals surface area (Å²) in [6.45, 7) is 3.61. The molecular weight excluding hydrogens is 224 g/mol. The Labute approximate surface area is 100 Å². The molecule has 1 aliphatic rings. The van der Waals surface area contributed by atoms with E-state index >= 15 is 0 Å². The maximum atomic E-state index is 11.7. The van der Waals surface area contributed by atoms with Crippen LogP contribution in [-0.4, -0.2) is 28.9 Å². The monoisotopic (exact) mass is 242 g/mol. The highest BCUT2D eigenvalue weighted by molar-refractivity contribution is 6.03. The zero-order valence-corrected chi connectivity index (χ0v) is 10.2. The molecule has 0 aliphatic heterocycles. The second kappa shape index (κ2) is 5.29. The molecule has 1 fully saturated rings. The Morgan fingerprint density at radius 2 is 1.88 bits per heavy atom. The van der Waals surface area contributed by atoms with Gasteiger partial charge in [0.05, 0.1) is 0 Å². The first kappa shape index (κ1) is 13.7. The fourth-order valence-corrected chi connectivity index (χ4v) is 1.66. The zero-order chi connectivity index (χ0) is 13.1. The highest BCUT2D eigenvalue weighted by Gasteiger charge is 2.59. The fourth-order valence-electron chi connectivity index (χ4n) is 1.66. The van der Waals surface area contributed by atoms with Crippen LogP contribution < -0.4 is 0 Å². The van der Waals surface area contributed by atoms with Crippen LogP contribution in [0.2, 0.25) is 0 Å². The van der Waals surface area contributed by atoms with E-state index in [1.165, 1.54) is 0 Å². The van der Waals surface area contributed by atoms with Crippen molar-refractivity contribution in [3.05, 3.63) is 0 Å². The summed E-state index contributed by atoms with van der Waals surface area (Å²) in [5.41, 5.74) is -1.38. The SMILES string of the molecule is CCCC(=O)C(CC)OC(=O)C1(C(=O)O)CC1. The van der Waals surface area contributed by atoms with Crippen molar-refractivity contribution in [1.82, 2.24) is 0 Å². The average Bonchev–Trinajstić information content (AvgIpc) is 3.06. The lowest BCUT2D eigenvalue weighted by molar-refractivity contribution is -0.167. The van der Waals surface area contributed by atoms with Gasteiger partial charge in [-0.05, 0) is 25.7 Å². The second-order valence-corrected chi connectivity index (χ2v) is 4.41. The molecule has 0 spiro atoms. The van der Waals surface area contributed by atoms with E-state index in [1.54, 1.807) is 6.92 Å². The molecule has 96 valence electrons. The molecule has 1 unspecified atom stereocenters. The Morgan fingerprint density at radius 1 is 1.29 bits per heavy atom. The predicted molar refractivity (Wildman–Crippen MR) is 59.4 cm³/mol. The number of ketones is 1. The number of aliphatic carboxylic acids is 1. The molecule has 0 aromatic carbocycles. The van der Waals surface area contributed by atoms with Crippen molar-refractivity contribution < 1.29 is 24.2 Å². The first-order valence-corrected chi connectivity index (χ1v) is 5.95. The van der Waals surface area contributed by atoms with Crippen LogP contribution in [0.15, 0.2) is 0 Å². The lowest BCUT2D eigenvalue weighted by atomic mass is 10.1. The molecule has 0 heterocycles.